The van der Waals surface area contributed by atoms with Crippen LogP contribution in [0.4, 0.5) is 4.39 Å². The van der Waals surface area contributed by atoms with Crippen molar-refractivity contribution in [2.24, 2.45) is 0 Å². The van der Waals surface area contributed by atoms with E-state index < -0.39 is 5.41 Å². The van der Waals surface area contributed by atoms with Crippen LogP contribution >= 0.6 is 0 Å². The Labute approximate surface area is 148 Å². The number of carbonyl (C=O) groups is 2. The van der Waals surface area contributed by atoms with Crippen molar-refractivity contribution in [3.8, 4) is 0 Å². The molecule has 1 aromatic rings. The molecule has 1 aromatic carbocycles. The topological polar surface area (TPSA) is 52.7 Å². The second-order valence-electron chi connectivity index (χ2n) is 7.01. The first kappa shape index (κ1) is 17.9. The average Bonchev–Trinajstić information content (AvgIpc) is 3.42. The lowest BCUT2D eigenvalue weighted by Crippen LogP contribution is -2.53. The van der Waals surface area contributed by atoms with Gasteiger partial charge in [0.2, 0.25) is 11.8 Å². The van der Waals surface area contributed by atoms with Gasteiger partial charge in [0.25, 0.3) is 0 Å². The van der Waals surface area contributed by atoms with Crippen LogP contribution in [0.25, 0.3) is 0 Å². The maximum Gasteiger partial charge on any atom is 0.234 e. The number of nitrogens with one attached hydrogen (secondary N) is 1. The number of amides is 2. The summed E-state index contributed by atoms with van der Waals surface area (Å²) in [6.45, 7) is 5.84. The Balaban J connectivity index is 1.53. The van der Waals surface area contributed by atoms with E-state index in [1.54, 1.807) is 12.1 Å². The van der Waals surface area contributed by atoms with E-state index in [1.165, 1.54) is 12.1 Å². The van der Waals surface area contributed by atoms with Gasteiger partial charge in [-0.25, -0.2) is 4.39 Å². The van der Waals surface area contributed by atoms with Crippen LogP contribution in [-0.2, 0) is 15.0 Å². The molecule has 136 valence electrons. The van der Waals surface area contributed by atoms with Gasteiger partial charge in [0.05, 0.1) is 12.0 Å². The number of benzene rings is 1. The van der Waals surface area contributed by atoms with E-state index in [0.29, 0.717) is 39.3 Å². The van der Waals surface area contributed by atoms with Gasteiger partial charge >= 0.3 is 0 Å². The van der Waals surface area contributed by atoms with Crippen LogP contribution in [0.3, 0.4) is 0 Å². The summed E-state index contributed by atoms with van der Waals surface area (Å²) in [6.07, 6.45) is 2.59. The number of hydrogen-bond acceptors (Lipinski definition) is 3. The molecular formula is C19H26FN3O2. The zero-order valence-corrected chi connectivity index (χ0v) is 14.8. The van der Waals surface area contributed by atoms with Crippen molar-refractivity contribution in [3.05, 3.63) is 35.6 Å². The second-order valence-corrected chi connectivity index (χ2v) is 7.01. The van der Waals surface area contributed by atoms with E-state index in [4.69, 9.17) is 0 Å². The van der Waals surface area contributed by atoms with Crippen LogP contribution < -0.4 is 5.32 Å². The molecule has 0 unspecified atom stereocenters. The lowest BCUT2D eigenvalue weighted by atomic mass is 9.94. The van der Waals surface area contributed by atoms with Crippen LogP contribution in [0, 0.1) is 5.82 Å². The Bertz CT molecular complexity index is 620. The number of carbonyl (C=O) groups excluding carboxylic acids is 2. The van der Waals surface area contributed by atoms with E-state index >= 15 is 0 Å². The van der Waals surface area contributed by atoms with Crippen LogP contribution in [0.5, 0.6) is 0 Å². The molecule has 0 atom stereocenters. The molecule has 1 saturated heterocycles. The van der Waals surface area contributed by atoms with Crippen molar-refractivity contribution in [1.82, 2.24) is 15.1 Å². The molecule has 2 aliphatic rings. The molecule has 25 heavy (non-hydrogen) atoms. The van der Waals surface area contributed by atoms with Crippen molar-refractivity contribution >= 4 is 11.8 Å². The minimum Gasteiger partial charge on any atom is -0.355 e. The summed E-state index contributed by atoms with van der Waals surface area (Å²) in [5.74, 6) is -0.0808. The minimum absolute atomic E-state index is 0.0478. The lowest BCUT2D eigenvalue weighted by Gasteiger charge is -2.36. The molecule has 2 fully saturated rings. The third-order valence-corrected chi connectivity index (χ3v) is 5.16. The molecule has 0 aromatic heterocycles. The Morgan fingerprint density at radius 3 is 2.32 bits per heavy atom. The number of nitrogens with zero attached hydrogens (tertiary/aromatic N) is 2. The number of hydrogen-bond donors (Lipinski definition) is 1. The first-order valence-corrected chi connectivity index (χ1v) is 9.09. The van der Waals surface area contributed by atoms with E-state index in [-0.39, 0.29) is 17.6 Å². The first-order chi connectivity index (χ1) is 12.0. The zero-order chi connectivity index (χ0) is 17.9. The highest BCUT2D eigenvalue weighted by Gasteiger charge is 2.53. The molecule has 1 aliphatic heterocycles. The Morgan fingerprint density at radius 1 is 1.12 bits per heavy atom. The summed E-state index contributed by atoms with van der Waals surface area (Å²) in [5, 5.41) is 2.88. The van der Waals surface area contributed by atoms with Crippen LogP contribution in [0.2, 0.25) is 0 Å². The molecule has 6 heteroatoms. The highest BCUT2D eigenvalue weighted by Crippen LogP contribution is 2.49. The van der Waals surface area contributed by atoms with Gasteiger partial charge in [-0.2, -0.15) is 0 Å². The van der Waals surface area contributed by atoms with E-state index in [1.807, 2.05) is 11.8 Å². The second kappa shape index (κ2) is 7.52. The van der Waals surface area contributed by atoms with Gasteiger partial charge in [0.15, 0.2) is 0 Å². The third-order valence-electron chi connectivity index (χ3n) is 5.16. The summed E-state index contributed by atoms with van der Waals surface area (Å²) in [4.78, 5) is 28.8. The molecule has 2 amide bonds. The third kappa shape index (κ3) is 4.00. The average molecular weight is 347 g/mol. The standard InChI is InChI=1S/C19H26FN3O2/c1-2-9-21-17(24)14-22-10-12-23(13-11-22)18(25)19(7-8-19)15-3-5-16(20)6-4-15/h3-6H,2,7-14H2,1H3,(H,21,24). The highest BCUT2D eigenvalue weighted by molar-refractivity contribution is 5.91. The van der Waals surface area contributed by atoms with Gasteiger partial charge in [-0.1, -0.05) is 19.1 Å². The Hall–Kier alpha value is -1.95. The molecule has 0 spiro atoms. The predicted octanol–water partition coefficient (Wildman–Crippen LogP) is 1.53. The fourth-order valence-electron chi connectivity index (χ4n) is 3.46. The van der Waals surface area contributed by atoms with E-state index in [2.05, 4.69) is 10.2 Å². The van der Waals surface area contributed by atoms with E-state index in [0.717, 1.165) is 24.8 Å². The maximum absolute atomic E-state index is 13.1. The summed E-state index contributed by atoms with van der Waals surface area (Å²) < 4.78 is 13.1. The van der Waals surface area contributed by atoms with Crippen LogP contribution in [0.15, 0.2) is 24.3 Å². The summed E-state index contributed by atoms with van der Waals surface area (Å²) in [7, 11) is 0. The smallest absolute Gasteiger partial charge is 0.234 e. The minimum atomic E-state index is -0.450. The van der Waals surface area contributed by atoms with Gasteiger partial charge in [-0.15, -0.1) is 0 Å². The Kier molecular flexibility index (Phi) is 5.37. The van der Waals surface area contributed by atoms with Crippen molar-refractivity contribution in [3.63, 3.8) is 0 Å². The number of rotatable bonds is 6. The molecule has 1 heterocycles. The van der Waals surface area contributed by atoms with Gasteiger partial charge in [-0.05, 0) is 37.0 Å². The quantitative estimate of drug-likeness (QED) is 0.849. The zero-order valence-electron chi connectivity index (χ0n) is 14.8. The molecule has 1 aliphatic carbocycles. The number of halogens is 1. The van der Waals surface area contributed by atoms with Crippen LogP contribution in [-0.4, -0.2) is 60.9 Å². The van der Waals surface area contributed by atoms with Crippen LogP contribution in [0.1, 0.15) is 31.7 Å². The maximum atomic E-state index is 13.1. The van der Waals surface area contributed by atoms with Gasteiger partial charge in [0, 0.05) is 32.7 Å². The SMILES string of the molecule is CCCNC(=O)CN1CCN(C(=O)C2(c3ccc(F)cc3)CC2)CC1. The summed E-state index contributed by atoms with van der Waals surface area (Å²) >= 11 is 0. The van der Waals surface area contributed by atoms with Crippen molar-refractivity contribution in [2.45, 2.75) is 31.6 Å². The van der Waals surface area contributed by atoms with Crippen molar-refractivity contribution in [1.29, 1.82) is 0 Å². The fraction of sp³-hybridized carbons (Fsp3) is 0.579. The van der Waals surface area contributed by atoms with Crippen molar-refractivity contribution < 1.29 is 14.0 Å². The molecule has 1 N–H and O–H groups in total. The molecular weight excluding hydrogens is 321 g/mol. The first-order valence-electron chi connectivity index (χ1n) is 9.09. The summed E-state index contributed by atoms with van der Waals surface area (Å²) in [6, 6.07) is 6.31. The van der Waals surface area contributed by atoms with Gasteiger partial charge < -0.3 is 10.2 Å². The molecule has 0 radical (unpaired) electrons. The molecule has 3 rings (SSSR count). The highest BCUT2D eigenvalue weighted by atomic mass is 19.1. The predicted molar refractivity (Wildman–Crippen MR) is 93.6 cm³/mol. The number of piperazine rings is 1. The van der Waals surface area contributed by atoms with Gasteiger partial charge in [0.1, 0.15) is 5.82 Å². The lowest BCUT2D eigenvalue weighted by molar-refractivity contribution is -0.136. The molecule has 5 nitrogen and oxygen atoms in total. The molecule has 1 saturated carbocycles. The van der Waals surface area contributed by atoms with Gasteiger partial charge in [-0.3, -0.25) is 14.5 Å². The van der Waals surface area contributed by atoms with E-state index in [9.17, 15) is 14.0 Å². The molecule has 0 bridgehead atoms. The fourth-order valence-corrected chi connectivity index (χ4v) is 3.46. The largest absolute Gasteiger partial charge is 0.355 e. The monoisotopic (exact) mass is 347 g/mol. The summed E-state index contributed by atoms with van der Waals surface area (Å²) in [5.41, 5.74) is 0.467. The normalized spacial score (nSPS) is 19.5. The Morgan fingerprint density at radius 2 is 1.76 bits per heavy atom. The van der Waals surface area contributed by atoms with Crippen molar-refractivity contribution in [2.75, 3.05) is 39.3 Å².